The molecule has 4 nitrogen and oxygen atoms in total. The number of benzene rings is 2. The van der Waals surface area contributed by atoms with Gasteiger partial charge < -0.3 is 15.2 Å². The SMILES string of the molecule is COc1ccc(C(=O)c2ccc3c(c2)CCCO3)cc1N. The lowest BCUT2D eigenvalue weighted by Gasteiger charge is -2.17. The summed E-state index contributed by atoms with van der Waals surface area (Å²) >= 11 is 0. The van der Waals surface area contributed by atoms with Crippen molar-refractivity contribution in [1.29, 1.82) is 0 Å². The second-order valence-electron chi connectivity index (χ2n) is 5.06. The highest BCUT2D eigenvalue weighted by atomic mass is 16.5. The number of carbonyl (C=O) groups is 1. The lowest BCUT2D eigenvalue weighted by Crippen LogP contribution is -2.10. The molecule has 0 bridgehead atoms. The van der Waals surface area contributed by atoms with Gasteiger partial charge in [-0.05, 0) is 54.8 Å². The zero-order chi connectivity index (χ0) is 14.8. The topological polar surface area (TPSA) is 61.5 Å². The fourth-order valence-electron chi connectivity index (χ4n) is 2.54. The average molecular weight is 283 g/mol. The Hall–Kier alpha value is -2.49. The van der Waals surface area contributed by atoms with E-state index in [0.717, 1.165) is 30.8 Å². The summed E-state index contributed by atoms with van der Waals surface area (Å²) < 4.78 is 10.7. The zero-order valence-corrected chi connectivity index (χ0v) is 11.9. The van der Waals surface area contributed by atoms with Crippen LogP contribution < -0.4 is 15.2 Å². The summed E-state index contributed by atoms with van der Waals surface area (Å²) in [4.78, 5) is 12.5. The highest BCUT2D eigenvalue weighted by Gasteiger charge is 2.15. The van der Waals surface area contributed by atoms with Crippen molar-refractivity contribution >= 4 is 11.5 Å². The summed E-state index contributed by atoms with van der Waals surface area (Å²) in [5.41, 5.74) is 8.63. The minimum atomic E-state index is -0.0438. The number of ketones is 1. The van der Waals surface area contributed by atoms with Crippen molar-refractivity contribution in [3.8, 4) is 11.5 Å². The standard InChI is InChI=1S/C17H17NO3/c1-20-16-7-5-13(10-14(16)18)17(19)12-4-6-15-11(9-12)3-2-8-21-15/h4-7,9-10H,2-3,8,18H2,1H3. The number of hydrogen-bond acceptors (Lipinski definition) is 4. The first-order chi connectivity index (χ1) is 10.2. The molecule has 4 heteroatoms. The predicted molar refractivity (Wildman–Crippen MR) is 81.1 cm³/mol. The molecule has 0 saturated carbocycles. The molecule has 1 heterocycles. The maximum absolute atomic E-state index is 12.5. The van der Waals surface area contributed by atoms with Crippen molar-refractivity contribution in [3.05, 3.63) is 53.1 Å². The molecule has 0 saturated heterocycles. The lowest BCUT2D eigenvalue weighted by atomic mass is 9.98. The van der Waals surface area contributed by atoms with Gasteiger partial charge in [0.1, 0.15) is 11.5 Å². The maximum Gasteiger partial charge on any atom is 0.193 e. The third-order valence-electron chi connectivity index (χ3n) is 3.66. The molecule has 2 aromatic carbocycles. The van der Waals surface area contributed by atoms with E-state index in [1.54, 1.807) is 31.4 Å². The number of carbonyl (C=O) groups excluding carboxylic acids is 1. The summed E-state index contributed by atoms with van der Waals surface area (Å²) in [6, 6.07) is 10.7. The van der Waals surface area contributed by atoms with Crippen molar-refractivity contribution in [3.63, 3.8) is 0 Å². The first-order valence-electron chi connectivity index (χ1n) is 6.93. The number of methoxy groups -OCH3 is 1. The van der Waals surface area contributed by atoms with Gasteiger partial charge in [-0.3, -0.25) is 4.79 Å². The van der Waals surface area contributed by atoms with Crippen molar-refractivity contribution < 1.29 is 14.3 Å². The Morgan fingerprint density at radius 2 is 1.95 bits per heavy atom. The summed E-state index contributed by atoms with van der Waals surface area (Å²) in [6.45, 7) is 0.745. The summed E-state index contributed by atoms with van der Waals surface area (Å²) in [5, 5.41) is 0. The van der Waals surface area contributed by atoms with E-state index < -0.39 is 0 Å². The molecular weight excluding hydrogens is 266 g/mol. The minimum Gasteiger partial charge on any atom is -0.495 e. The van der Waals surface area contributed by atoms with Crippen molar-refractivity contribution in [1.82, 2.24) is 0 Å². The highest BCUT2D eigenvalue weighted by Crippen LogP contribution is 2.28. The van der Waals surface area contributed by atoms with Crippen LogP contribution in [0.4, 0.5) is 5.69 Å². The fourth-order valence-corrected chi connectivity index (χ4v) is 2.54. The molecule has 0 aromatic heterocycles. The molecule has 2 aromatic rings. The molecule has 0 atom stereocenters. The number of nitrogen functional groups attached to an aromatic ring is 1. The Labute approximate surface area is 123 Å². The third kappa shape index (κ3) is 2.57. The van der Waals surface area contributed by atoms with Gasteiger partial charge in [-0.15, -0.1) is 0 Å². The fraction of sp³-hybridized carbons (Fsp3) is 0.235. The van der Waals surface area contributed by atoms with E-state index in [1.165, 1.54) is 0 Å². The van der Waals surface area contributed by atoms with Crippen LogP contribution in [0, 0.1) is 0 Å². The first kappa shape index (κ1) is 13.5. The van der Waals surface area contributed by atoms with Crippen LogP contribution in [0.3, 0.4) is 0 Å². The number of nitrogens with two attached hydrogens (primary N) is 1. The van der Waals surface area contributed by atoms with Crippen LogP contribution in [0.5, 0.6) is 11.5 Å². The number of aryl methyl sites for hydroxylation is 1. The Kier molecular flexibility index (Phi) is 3.52. The van der Waals surface area contributed by atoms with Crippen molar-refractivity contribution in [2.45, 2.75) is 12.8 Å². The quantitative estimate of drug-likeness (QED) is 0.695. The molecule has 0 aliphatic carbocycles. The van der Waals surface area contributed by atoms with Crippen LogP contribution >= 0.6 is 0 Å². The van der Waals surface area contributed by atoms with E-state index in [4.69, 9.17) is 15.2 Å². The van der Waals surface area contributed by atoms with Gasteiger partial charge in [0.25, 0.3) is 0 Å². The van der Waals surface area contributed by atoms with Gasteiger partial charge in [0.2, 0.25) is 0 Å². The summed E-state index contributed by atoms with van der Waals surface area (Å²) in [5.74, 6) is 1.41. The van der Waals surface area contributed by atoms with Crippen LogP contribution in [-0.4, -0.2) is 19.5 Å². The largest absolute Gasteiger partial charge is 0.495 e. The van der Waals surface area contributed by atoms with Crippen molar-refractivity contribution in [2.75, 3.05) is 19.5 Å². The van der Waals surface area contributed by atoms with Crippen molar-refractivity contribution in [2.24, 2.45) is 0 Å². The molecule has 0 unspecified atom stereocenters. The van der Waals surface area contributed by atoms with Crippen LogP contribution in [0.25, 0.3) is 0 Å². The van der Waals surface area contributed by atoms with E-state index in [2.05, 4.69) is 0 Å². The monoisotopic (exact) mass is 283 g/mol. The van der Waals surface area contributed by atoms with E-state index in [9.17, 15) is 4.79 Å². The minimum absolute atomic E-state index is 0.0438. The molecule has 0 spiro atoms. The second kappa shape index (κ2) is 5.48. The molecule has 1 aliphatic heterocycles. The van der Waals surface area contributed by atoms with Gasteiger partial charge in [-0.25, -0.2) is 0 Å². The van der Waals surface area contributed by atoms with Gasteiger partial charge in [-0.1, -0.05) is 0 Å². The molecule has 2 N–H and O–H groups in total. The van der Waals surface area contributed by atoms with Crippen LogP contribution in [0.1, 0.15) is 27.9 Å². The van der Waals surface area contributed by atoms with E-state index in [-0.39, 0.29) is 5.78 Å². The van der Waals surface area contributed by atoms with E-state index >= 15 is 0 Å². The smallest absolute Gasteiger partial charge is 0.193 e. The molecule has 0 amide bonds. The molecule has 1 aliphatic rings. The van der Waals surface area contributed by atoms with Gasteiger partial charge in [-0.2, -0.15) is 0 Å². The highest BCUT2D eigenvalue weighted by molar-refractivity contribution is 6.09. The molecule has 0 radical (unpaired) electrons. The van der Waals surface area contributed by atoms with Crippen LogP contribution in [0.2, 0.25) is 0 Å². The molecule has 3 rings (SSSR count). The number of anilines is 1. The zero-order valence-electron chi connectivity index (χ0n) is 11.9. The number of rotatable bonds is 3. The van der Waals surface area contributed by atoms with Gasteiger partial charge in [0, 0.05) is 11.1 Å². The van der Waals surface area contributed by atoms with E-state index in [0.29, 0.717) is 22.6 Å². The predicted octanol–water partition coefficient (Wildman–Crippen LogP) is 2.83. The van der Waals surface area contributed by atoms with Crippen LogP contribution in [0.15, 0.2) is 36.4 Å². The normalized spacial score (nSPS) is 13.2. The lowest BCUT2D eigenvalue weighted by molar-refractivity contribution is 0.103. The van der Waals surface area contributed by atoms with Gasteiger partial charge >= 0.3 is 0 Å². The molecule has 0 fully saturated rings. The molecular formula is C17H17NO3. The maximum atomic E-state index is 12.5. The number of hydrogen-bond donors (Lipinski definition) is 1. The average Bonchev–Trinajstić information content (AvgIpc) is 2.53. The van der Waals surface area contributed by atoms with Gasteiger partial charge in [0.05, 0.1) is 19.4 Å². The Morgan fingerprint density at radius 1 is 1.19 bits per heavy atom. The number of fused-ring (bicyclic) bond motifs is 1. The Morgan fingerprint density at radius 3 is 2.71 bits per heavy atom. The van der Waals surface area contributed by atoms with Gasteiger partial charge in [0.15, 0.2) is 5.78 Å². The van der Waals surface area contributed by atoms with E-state index in [1.807, 2.05) is 12.1 Å². The second-order valence-corrected chi connectivity index (χ2v) is 5.06. The van der Waals surface area contributed by atoms with Crippen LogP contribution in [-0.2, 0) is 6.42 Å². The summed E-state index contributed by atoms with van der Waals surface area (Å²) in [7, 11) is 1.55. The molecule has 108 valence electrons. The Balaban J connectivity index is 1.93. The molecule has 21 heavy (non-hydrogen) atoms. The Bertz CT molecular complexity index is 694. The first-order valence-corrected chi connectivity index (χ1v) is 6.93. The summed E-state index contributed by atoms with van der Waals surface area (Å²) in [6.07, 6.45) is 1.93. The third-order valence-corrected chi connectivity index (χ3v) is 3.66. The number of ether oxygens (including phenoxy) is 2.